The Bertz CT molecular complexity index is 415. The van der Waals surface area contributed by atoms with E-state index in [-0.39, 0.29) is 18.1 Å². The Labute approximate surface area is 112 Å². The number of hydrogen-bond acceptors (Lipinski definition) is 4. The second-order valence-corrected chi connectivity index (χ2v) is 5.61. The first-order chi connectivity index (χ1) is 8.67. The van der Waals surface area contributed by atoms with Gasteiger partial charge in [-0.1, -0.05) is 0 Å². The van der Waals surface area contributed by atoms with Gasteiger partial charge in [0.25, 0.3) is 0 Å². The molecular formula is C13H20N2O2S. The SMILES string of the molecule is COC(CN)CC(=O)N1CCc2sccc2C1C. The van der Waals surface area contributed by atoms with Crippen molar-refractivity contribution in [2.45, 2.75) is 31.9 Å². The molecule has 100 valence electrons. The van der Waals surface area contributed by atoms with E-state index in [1.807, 2.05) is 4.90 Å². The topological polar surface area (TPSA) is 55.6 Å². The number of carbonyl (C=O) groups is 1. The summed E-state index contributed by atoms with van der Waals surface area (Å²) in [6.45, 7) is 3.27. The first kappa shape index (κ1) is 13.5. The monoisotopic (exact) mass is 268 g/mol. The van der Waals surface area contributed by atoms with Crippen molar-refractivity contribution in [3.05, 3.63) is 21.9 Å². The van der Waals surface area contributed by atoms with Crippen LogP contribution < -0.4 is 5.73 Å². The van der Waals surface area contributed by atoms with Crippen LogP contribution in [0, 0.1) is 0 Å². The fourth-order valence-electron chi connectivity index (χ4n) is 2.43. The molecule has 0 bridgehead atoms. The molecule has 1 aliphatic rings. The number of ether oxygens (including phenoxy) is 1. The Morgan fingerprint density at radius 3 is 3.17 bits per heavy atom. The first-order valence-electron chi connectivity index (χ1n) is 6.26. The number of nitrogens with two attached hydrogens (primary N) is 1. The molecule has 0 fully saturated rings. The molecule has 18 heavy (non-hydrogen) atoms. The van der Waals surface area contributed by atoms with Crippen LogP contribution >= 0.6 is 11.3 Å². The van der Waals surface area contributed by atoms with Crippen LogP contribution in [-0.4, -0.2) is 37.1 Å². The van der Waals surface area contributed by atoms with Crippen molar-refractivity contribution in [2.75, 3.05) is 20.2 Å². The Morgan fingerprint density at radius 2 is 2.50 bits per heavy atom. The highest BCUT2D eigenvalue weighted by molar-refractivity contribution is 7.10. The van der Waals surface area contributed by atoms with Crippen molar-refractivity contribution in [3.63, 3.8) is 0 Å². The summed E-state index contributed by atoms with van der Waals surface area (Å²) in [5.41, 5.74) is 6.85. The summed E-state index contributed by atoms with van der Waals surface area (Å²) >= 11 is 1.78. The molecule has 0 spiro atoms. The van der Waals surface area contributed by atoms with Gasteiger partial charge < -0.3 is 15.4 Å². The molecule has 1 amide bonds. The average molecular weight is 268 g/mol. The predicted octanol–water partition coefficient (Wildman–Crippen LogP) is 1.56. The van der Waals surface area contributed by atoms with Gasteiger partial charge in [0.05, 0.1) is 18.6 Å². The van der Waals surface area contributed by atoms with Crippen molar-refractivity contribution < 1.29 is 9.53 Å². The highest BCUT2D eigenvalue weighted by Gasteiger charge is 2.29. The zero-order chi connectivity index (χ0) is 13.1. The molecule has 2 unspecified atom stereocenters. The molecule has 0 aromatic carbocycles. The minimum atomic E-state index is -0.173. The summed E-state index contributed by atoms with van der Waals surface area (Å²) in [5, 5.41) is 2.10. The van der Waals surface area contributed by atoms with Crippen LogP contribution in [0.4, 0.5) is 0 Å². The van der Waals surface area contributed by atoms with Gasteiger partial charge in [0.2, 0.25) is 5.91 Å². The van der Waals surface area contributed by atoms with Gasteiger partial charge in [-0.05, 0) is 30.4 Å². The average Bonchev–Trinajstić information content (AvgIpc) is 2.85. The van der Waals surface area contributed by atoms with Gasteiger partial charge in [-0.2, -0.15) is 0 Å². The molecule has 0 saturated carbocycles. The second kappa shape index (κ2) is 5.82. The van der Waals surface area contributed by atoms with E-state index >= 15 is 0 Å². The summed E-state index contributed by atoms with van der Waals surface area (Å²) in [6, 6.07) is 2.30. The van der Waals surface area contributed by atoms with Gasteiger partial charge in [-0.15, -0.1) is 11.3 Å². The lowest BCUT2D eigenvalue weighted by Crippen LogP contribution is -2.41. The van der Waals surface area contributed by atoms with E-state index in [1.165, 1.54) is 10.4 Å². The largest absolute Gasteiger partial charge is 0.380 e. The molecule has 2 rings (SSSR count). The standard InChI is InChI=1S/C13H20N2O2S/c1-9-11-4-6-18-12(11)3-5-15(9)13(16)7-10(8-14)17-2/h4,6,9-10H,3,5,7-8,14H2,1-2H3. The van der Waals surface area contributed by atoms with E-state index in [9.17, 15) is 4.79 Å². The maximum Gasteiger partial charge on any atom is 0.225 e. The molecule has 2 N–H and O–H groups in total. The third kappa shape index (κ3) is 2.58. The van der Waals surface area contributed by atoms with Gasteiger partial charge in [-0.25, -0.2) is 0 Å². The number of nitrogens with zero attached hydrogens (tertiary/aromatic N) is 1. The van der Waals surface area contributed by atoms with Crippen LogP contribution in [0.2, 0.25) is 0 Å². The summed E-state index contributed by atoms with van der Waals surface area (Å²) in [7, 11) is 1.60. The maximum atomic E-state index is 12.3. The lowest BCUT2D eigenvalue weighted by atomic mass is 10.0. The number of carbonyl (C=O) groups excluding carboxylic acids is 1. The van der Waals surface area contributed by atoms with Gasteiger partial charge in [0.1, 0.15) is 0 Å². The van der Waals surface area contributed by atoms with Crippen molar-refractivity contribution >= 4 is 17.2 Å². The lowest BCUT2D eigenvalue weighted by Gasteiger charge is -2.34. The molecule has 2 atom stereocenters. The minimum Gasteiger partial charge on any atom is -0.380 e. The molecule has 1 aromatic rings. The van der Waals surface area contributed by atoms with Crippen LogP contribution in [0.3, 0.4) is 0 Å². The minimum absolute atomic E-state index is 0.136. The molecule has 5 heteroatoms. The van der Waals surface area contributed by atoms with E-state index in [2.05, 4.69) is 18.4 Å². The fourth-order valence-corrected chi connectivity index (χ4v) is 3.39. The summed E-state index contributed by atoms with van der Waals surface area (Å²) in [4.78, 5) is 15.6. The van der Waals surface area contributed by atoms with Gasteiger partial charge in [0, 0.05) is 25.1 Å². The molecule has 4 nitrogen and oxygen atoms in total. The third-order valence-corrected chi connectivity index (χ3v) is 4.59. The third-order valence-electron chi connectivity index (χ3n) is 3.60. The van der Waals surface area contributed by atoms with Crippen molar-refractivity contribution in [1.29, 1.82) is 0 Å². The Morgan fingerprint density at radius 1 is 1.72 bits per heavy atom. The summed E-state index contributed by atoms with van der Waals surface area (Å²) < 4.78 is 5.18. The van der Waals surface area contributed by atoms with E-state index in [4.69, 9.17) is 10.5 Å². The molecule has 0 saturated heterocycles. The van der Waals surface area contributed by atoms with Crippen LogP contribution in [0.15, 0.2) is 11.4 Å². The lowest BCUT2D eigenvalue weighted by molar-refractivity contribution is -0.136. The molecule has 0 radical (unpaired) electrons. The number of methoxy groups -OCH3 is 1. The number of hydrogen-bond donors (Lipinski definition) is 1. The van der Waals surface area contributed by atoms with Crippen molar-refractivity contribution in [1.82, 2.24) is 4.90 Å². The highest BCUT2D eigenvalue weighted by Crippen LogP contribution is 2.33. The molecule has 0 aliphatic carbocycles. The number of amides is 1. The number of thiophene rings is 1. The quantitative estimate of drug-likeness (QED) is 0.901. The summed E-state index contributed by atoms with van der Waals surface area (Å²) in [6.07, 6.45) is 1.16. The van der Waals surface area contributed by atoms with Crippen molar-refractivity contribution in [3.8, 4) is 0 Å². The van der Waals surface area contributed by atoms with Crippen molar-refractivity contribution in [2.24, 2.45) is 5.73 Å². The van der Waals surface area contributed by atoms with Gasteiger partial charge in [0.15, 0.2) is 0 Å². The number of fused-ring (bicyclic) bond motifs is 1. The summed E-state index contributed by atoms with van der Waals surface area (Å²) in [5.74, 6) is 0.136. The molecule has 1 aliphatic heterocycles. The predicted molar refractivity (Wildman–Crippen MR) is 72.6 cm³/mol. The zero-order valence-electron chi connectivity index (χ0n) is 10.9. The first-order valence-corrected chi connectivity index (χ1v) is 7.14. The highest BCUT2D eigenvalue weighted by atomic mass is 32.1. The smallest absolute Gasteiger partial charge is 0.225 e. The van der Waals surface area contributed by atoms with Crippen LogP contribution in [0.1, 0.15) is 29.8 Å². The van der Waals surface area contributed by atoms with Gasteiger partial charge in [-0.3, -0.25) is 4.79 Å². The second-order valence-electron chi connectivity index (χ2n) is 4.61. The van der Waals surface area contributed by atoms with Crippen LogP contribution in [0.5, 0.6) is 0 Å². The Balaban J connectivity index is 2.04. The maximum absolute atomic E-state index is 12.3. The van der Waals surface area contributed by atoms with E-state index < -0.39 is 0 Å². The normalized spacial score (nSPS) is 20.6. The zero-order valence-corrected chi connectivity index (χ0v) is 11.7. The Kier molecular flexibility index (Phi) is 4.37. The van der Waals surface area contributed by atoms with Crippen LogP contribution in [0.25, 0.3) is 0 Å². The van der Waals surface area contributed by atoms with E-state index in [0.717, 1.165) is 13.0 Å². The van der Waals surface area contributed by atoms with E-state index in [0.29, 0.717) is 13.0 Å². The van der Waals surface area contributed by atoms with Crippen LogP contribution in [-0.2, 0) is 16.0 Å². The fraction of sp³-hybridized carbons (Fsp3) is 0.615. The number of rotatable bonds is 4. The molecule has 1 aromatic heterocycles. The van der Waals surface area contributed by atoms with Gasteiger partial charge >= 0.3 is 0 Å². The molecular weight excluding hydrogens is 248 g/mol. The Hall–Kier alpha value is -0.910. The van der Waals surface area contributed by atoms with E-state index in [1.54, 1.807) is 18.4 Å². The molecule has 2 heterocycles.